The van der Waals surface area contributed by atoms with Gasteiger partial charge in [-0.3, -0.25) is 0 Å². The predicted octanol–water partition coefficient (Wildman–Crippen LogP) is 11.2. The zero-order chi connectivity index (χ0) is 29.7. The highest BCUT2D eigenvalue weighted by molar-refractivity contribution is 6.30. The Labute approximate surface area is 260 Å². The molecule has 7 aromatic carbocycles. The highest BCUT2D eigenvalue weighted by atomic mass is 16.3. The molecule has 0 fully saturated rings. The number of hydrogen-bond donors (Lipinski definition) is 0. The van der Waals surface area contributed by atoms with Crippen molar-refractivity contribution >= 4 is 98.4 Å². The molecular weight excluding hydrogens is 562 g/mol. The average Bonchev–Trinajstić information content (AvgIpc) is 3.85. The van der Waals surface area contributed by atoms with Crippen molar-refractivity contribution in [3.8, 4) is 5.69 Å². The van der Waals surface area contributed by atoms with E-state index in [1.807, 2.05) is 6.07 Å². The van der Waals surface area contributed by atoms with Gasteiger partial charge in [-0.2, -0.15) is 0 Å². The second-order valence-electron chi connectivity index (χ2n) is 12.5. The average molecular weight is 586 g/mol. The topological polar surface area (TPSA) is 26.9 Å². The van der Waals surface area contributed by atoms with Gasteiger partial charge in [0.15, 0.2) is 5.58 Å². The Balaban J connectivity index is 1.38. The van der Waals surface area contributed by atoms with Crippen LogP contribution in [0.25, 0.3) is 104 Å². The summed E-state index contributed by atoms with van der Waals surface area (Å²) in [6.07, 6.45) is 0. The van der Waals surface area contributed by atoms with E-state index in [4.69, 9.17) is 4.42 Å². The smallest absolute Gasteiger partial charge is 0.160 e. The van der Waals surface area contributed by atoms with Crippen molar-refractivity contribution in [2.75, 3.05) is 0 Å². The lowest BCUT2D eigenvalue weighted by Crippen LogP contribution is -1.97. The molecule has 0 amide bonds. The molecule has 0 spiro atoms. The van der Waals surface area contributed by atoms with Crippen LogP contribution in [0.3, 0.4) is 0 Å². The first-order chi connectivity index (χ1) is 22.9. The Bertz CT molecular complexity index is 3240. The Kier molecular flexibility index (Phi) is 3.96. The van der Waals surface area contributed by atoms with Crippen LogP contribution in [0.15, 0.2) is 144 Å². The molecular formula is C42H23N3O. The minimum atomic E-state index is 0.920. The van der Waals surface area contributed by atoms with E-state index in [0.717, 1.165) is 27.5 Å². The van der Waals surface area contributed by atoms with Gasteiger partial charge in [0.2, 0.25) is 0 Å². The molecule has 0 bridgehead atoms. The number of nitrogens with zero attached hydrogens (tertiary/aromatic N) is 3. The summed E-state index contributed by atoms with van der Waals surface area (Å²) < 4.78 is 14.1. The lowest BCUT2D eigenvalue weighted by atomic mass is 10.1. The SMILES string of the molecule is c1ccc(-n2c3ccccc3c3c2ccc2c4cccc5c4n(c4cccc6c7ccc8c9ccccc9oc8c7n5c64)c23)cc1. The Morgan fingerprint density at radius 2 is 0.913 bits per heavy atom. The lowest BCUT2D eigenvalue weighted by Gasteiger charge is -2.11. The molecule has 12 aromatic rings. The summed E-state index contributed by atoms with van der Waals surface area (Å²) in [7, 11) is 0. The summed E-state index contributed by atoms with van der Waals surface area (Å²) in [5, 5.41) is 9.80. The molecule has 4 nitrogen and oxygen atoms in total. The maximum absolute atomic E-state index is 6.66. The molecule has 0 radical (unpaired) electrons. The molecule has 0 saturated carbocycles. The van der Waals surface area contributed by atoms with Crippen LogP contribution in [0.2, 0.25) is 0 Å². The molecule has 0 atom stereocenters. The third-order valence-electron chi connectivity index (χ3n) is 10.3. The zero-order valence-corrected chi connectivity index (χ0v) is 24.5. The van der Waals surface area contributed by atoms with Crippen molar-refractivity contribution in [1.82, 2.24) is 13.4 Å². The summed E-state index contributed by atoms with van der Waals surface area (Å²) in [5.41, 5.74) is 12.7. The van der Waals surface area contributed by atoms with E-state index in [-0.39, 0.29) is 0 Å². The predicted molar refractivity (Wildman–Crippen MR) is 191 cm³/mol. The van der Waals surface area contributed by atoms with Gasteiger partial charge in [-0.05, 0) is 48.5 Å². The van der Waals surface area contributed by atoms with Crippen LogP contribution in [0, 0.1) is 0 Å². The van der Waals surface area contributed by atoms with Crippen LogP contribution in [-0.2, 0) is 0 Å². The van der Waals surface area contributed by atoms with Crippen molar-refractivity contribution in [1.29, 1.82) is 0 Å². The third-order valence-corrected chi connectivity index (χ3v) is 10.3. The molecule has 46 heavy (non-hydrogen) atoms. The number of aromatic nitrogens is 3. The first-order valence-electron chi connectivity index (χ1n) is 15.8. The Morgan fingerprint density at radius 1 is 0.348 bits per heavy atom. The van der Waals surface area contributed by atoms with Crippen LogP contribution >= 0.6 is 0 Å². The summed E-state index contributed by atoms with van der Waals surface area (Å²) >= 11 is 0. The maximum atomic E-state index is 6.66. The minimum absolute atomic E-state index is 0.920. The molecule has 0 saturated heterocycles. The fourth-order valence-corrected chi connectivity index (χ4v) is 8.59. The standard InChI is InChI=1S/C42H23N3O/c1-2-10-24(11-3-1)43-32-16-6-4-13-31(32)37-33(43)23-22-28-26-14-8-18-35-38(26)44(40(28)37)34-17-9-15-27-29-20-21-30-25-12-5-7-19-36(25)46-42(30)41(29)45(35)39(27)34/h1-23H. The number of para-hydroxylation sites is 5. The number of hydrogen-bond acceptors (Lipinski definition) is 1. The second-order valence-corrected chi connectivity index (χ2v) is 12.5. The molecule has 0 N–H and O–H groups in total. The number of benzene rings is 7. The number of fused-ring (bicyclic) bond motifs is 16. The molecule has 212 valence electrons. The molecule has 0 aliphatic carbocycles. The first kappa shape index (κ1) is 23.2. The van der Waals surface area contributed by atoms with Gasteiger partial charge in [0.1, 0.15) is 5.58 Å². The fraction of sp³-hybridized carbons (Fsp3) is 0. The maximum Gasteiger partial charge on any atom is 0.160 e. The van der Waals surface area contributed by atoms with Crippen molar-refractivity contribution < 1.29 is 4.42 Å². The van der Waals surface area contributed by atoms with Crippen LogP contribution in [0.4, 0.5) is 0 Å². The van der Waals surface area contributed by atoms with Gasteiger partial charge in [-0.15, -0.1) is 0 Å². The van der Waals surface area contributed by atoms with Gasteiger partial charge in [0.05, 0.1) is 44.1 Å². The van der Waals surface area contributed by atoms with Gasteiger partial charge < -0.3 is 17.8 Å². The van der Waals surface area contributed by atoms with E-state index in [9.17, 15) is 0 Å². The zero-order valence-electron chi connectivity index (χ0n) is 24.5. The lowest BCUT2D eigenvalue weighted by molar-refractivity contribution is 0.671. The highest BCUT2D eigenvalue weighted by Crippen LogP contribution is 2.46. The Morgan fingerprint density at radius 3 is 1.72 bits per heavy atom. The Hall–Kier alpha value is -6.26. The normalized spacial score (nSPS) is 12.8. The van der Waals surface area contributed by atoms with Crippen LogP contribution in [-0.4, -0.2) is 13.4 Å². The fourth-order valence-electron chi connectivity index (χ4n) is 8.59. The number of furan rings is 1. The van der Waals surface area contributed by atoms with Crippen LogP contribution in [0.5, 0.6) is 0 Å². The molecule has 0 aliphatic rings. The van der Waals surface area contributed by atoms with Gasteiger partial charge >= 0.3 is 0 Å². The van der Waals surface area contributed by atoms with E-state index < -0.39 is 0 Å². The largest absolute Gasteiger partial charge is 0.454 e. The van der Waals surface area contributed by atoms with Crippen molar-refractivity contribution in [2.24, 2.45) is 0 Å². The molecule has 0 aliphatic heterocycles. The summed E-state index contributed by atoms with van der Waals surface area (Å²) in [4.78, 5) is 0. The summed E-state index contributed by atoms with van der Waals surface area (Å²) in [6, 6.07) is 50.6. The van der Waals surface area contributed by atoms with Crippen molar-refractivity contribution in [2.45, 2.75) is 0 Å². The van der Waals surface area contributed by atoms with E-state index in [0.29, 0.717) is 0 Å². The number of rotatable bonds is 1. The van der Waals surface area contributed by atoms with Gasteiger partial charge in [0, 0.05) is 48.8 Å². The van der Waals surface area contributed by atoms with E-state index >= 15 is 0 Å². The van der Waals surface area contributed by atoms with Gasteiger partial charge in [-0.1, -0.05) is 91.0 Å². The van der Waals surface area contributed by atoms with Gasteiger partial charge in [-0.25, -0.2) is 0 Å². The minimum Gasteiger partial charge on any atom is -0.454 e. The van der Waals surface area contributed by atoms with Crippen LogP contribution < -0.4 is 0 Å². The molecule has 5 heterocycles. The first-order valence-corrected chi connectivity index (χ1v) is 15.8. The summed E-state index contributed by atoms with van der Waals surface area (Å²) in [5.74, 6) is 0. The summed E-state index contributed by atoms with van der Waals surface area (Å²) in [6.45, 7) is 0. The quantitative estimate of drug-likeness (QED) is 0.176. The highest BCUT2D eigenvalue weighted by Gasteiger charge is 2.25. The van der Waals surface area contributed by atoms with E-state index in [2.05, 4.69) is 147 Å². The second kappa shape index (κ2) is 7.87. The van der Waals surface area contributed by atoms with Crippen molar-refractivity contribution in [3.63, 3.8) is 0 Å². The molecule has 0 unspecified atom stereocenters. The van der Waals surface area contributed by atoms with E-state index in [1.54, 1.807) is 0 Å². The molecule has 12 rings (SSSR count). The van der Waals surface area contributed by atoms with Crippen molar-refractivity contribution in [3.05, 3.63) is 140 Å². The van der Waals surface area contributed by atoms with Crippen LogP contribution in [0.1, 0.15) is 0 Å². The molecule has 5 aromatic heterocycles. The van der Waals surface area contributed by atoms with Gasteiger partial charge in [0.25, 0.3) is 0 Å². The molecule has 4 heteroatoms. The monoisotopic (exact) mass is 585 g/mol. The third kappa shape index (κ3) is 2.54. The van der Waals surface area contributed by atoms with E-state index in [1.165, 1.54) is 76.6 Å².